The zero-order valence-corrected chi connectivity index (χ0v) is 12.3. The summed E-state index contributed by atoms with van der Waals surface area (Å²) in [5.74, 6) is 1.70. The van der Waals surface area contributed by atoms with E-state index < -0.39 is 5.60 Å². The summed E-state index contributed by atoms with van der Waals surface area (Å²) in [6, 6.07) is 1.81. The van der Waals surface area contributed by atoms with Crippen LogP contribution in [0.25, 0.3) is 11.4 Å². The van der Waals surface area contributed by atoms with Crippen LogP contribution in [-0.4, -0.2) is 28.8 Å². The lowest BCUT2D eigenvalue weighted by Gasteiger charge is -2.24. The Balaban J connectivity index is 1.96. The van der Waals surface area contributed by atoms with E-state index in [9.17, 15) is 0 Å². The van der Waals surface area contributed by atoms with Crippen LogP contribution in [0.5, 0.6) is 5.75 Å². The minimum Gasteiger partial charge on any atom is -0.494 e. The summed E-state index contributed by atoms with van der Waals surface area (Å²) >= 11 is 0. The largest absolute Gasteiger partial charge is 0.494 e. The van der Waals surface area contributed by atoms with Gasteiger partial charge in [-0.25, -0.2) is 0 Å². The molecule has 0 atom stereocenters. The first-order chi connectivity index (χ1) is 10.3. The van der Waals surface area contributed by atoms with Gasteiger partial charge in [0.05, 0.1) is 18.9 Å². The van der Waals surface area contributed by atoms with E-state index in [1.807, 2.05) is 13.0 Å². The van der Waals surface area contributed by atoms with Gasteiger partial charge in [0.15, 0.2) is 0 Å². The van der Waals surface area contributed by atoms with E-state index in [2.05, 4.69) is 15.1 Å². The highest BCUT2D eigenvalue weighted by Gasteiger charge is 2.41. The molecule has 0 bridgehead atoms. The maximum Gasteiger partial charge on any atom is 0.259 e. The van der Waals surface area contributed by atoms with Gasteiger partial charge in [-0.1, -0.05) is 5.16 Å². The minimum atomic E-state index is -0.416. The van der Waals surface area contributed by atoms with E-state index in [4.69, 9.17) is 14.0 Å². The maximum atomic E-state index is 5.94. The molecule has 1 fully saturated rings. The first kappa shape index (κ1) is 14.0. The minimum absolute atomic E-state index is 0.416. The second-order valence-electron chi connectivity index (χ2n) is 5.13. The third kappa shape index (κ3) is 2.51. The molecule has 0 N–H and O–H groups in total. The fourth-order valence-electron chi connectivity index (χ4n) is 2.89. The van der Waals surface area contributed by atoms with Gasteiger partial charge in [-0.3, -0.25) is 4.98 Å². The van der Waals surface area contributed by atoms with Crippen molar-refractivity contribution in [1.82, 2.24) is 15.1 Å². The van der Waals surface area contributed by atoms with Gasteiger partial charge in [0.25, 0.3) is 5.89 Å². The lowest BCUT2D eigenvalue weighted by molar-refractivity contribution is -0.0610. The van der Waals surface area contributed by atoms with Crippen molar-refractivity contribution in [3.05, 3.63) is 24.4 Å². The third-order valence-corrected chi connectivity index (χ3v) is 3.89. The van der Waals surface area contributed by atoms with Crippen molar-refractivity contribution in [2.75, 3.05) is 13.7 Å². The van der Waals surface area contributed by atoms with Crippen LogP contribution in [0.3, 0.4) is 0 Å². The molecule has 6 heteroatoms. The number of nitrogens with zero attached hydrogens (tertiary/aromatic N) is 3. The molecular weight excluding hydrogens is 270 g/mol. The molecule has 112 valence electrons. The number of aromatic nitrogens is 3. The Labute approximate surface area is 123 Å². The van der Waals surface area contributed by atoms with E-state index >= 15 is 0 Å². The molecule has 0 unspecified atom stereocenters. The highest BCUT2D eigenvalue weighted by atomic mass is 16.5. The molecule has 0 amide bonds. The first-order valence-electron chi connectivity index (χ1n) is 7.25. The molecule has 0 saturated heterocycles. The van der Waals surface area contributed by atoms with Crippen molar-refractivity contribution in [1.29, 1.82) is 0 Å². The third-order valence-electron chi connectivity index (χ3n) is 3.89. The molecule has 6 nitrogen and oxygen atoms in total. The fourth-order valence-corrected chi connectivity index (χ4v) is 2.89. The summed E-state index contributed by atoms with van der Waals surface area (Å²) < 4.78 is 16.7. The normalized spacial score (nSPS) is 17.0. The second kappa shape index (κ2) is 5.81. The lowest BCUT2D eigenvalue weighted by atomic mass is 10.0. The smallest absolute Gasteiger partial charge is 0.259 e. The van der Waals surface area contributed by atoms with Crippen molar-refractivity contribution in [2.45, 2.75) is 38.2 Å². The van der Waals surface area contributed by atoms with Crippen LogP contribution < -0.4 is 4.74 Å². The second-order valence-corrected chi connectivity index (χ2v) is 5.13. The maximum absolute atomic E-state index is 5.94. The first-order valence-corrected chi connectivity index (χ1v) is 7.25. The number of methoxy groups -OCH3 is 1. The Kier molecular flexibility index (Phi) is 3.88. The summed E-state index contributed by atoms with van der Waals surface area (Å²) in [5, 5.41) is 4.09. The molecule has 1 aliphatic carbocycles. The highest BCUT2D eigenvalue weighted by molar-refractivity contribution is 5.62. The van der Waals surface area contributed by atoms with Crippen LogP contribution in [0.1, 0.15) is 38.5 Å². The summed E-state index contributed by atoms with van der Waals surface area (Å²) in [4.78, 5) is 8.58. The van der Waals surface area contributed by atoms with Gasteiger partial charge in [0.2, 0.25) is 5.82 Å². The number of hydrogen-bond acceptors (Lipinski definition) is 6. The Morgan fingerprint density at radius 3 is 2.86 bits per heavy atom. The number of ether oxygens (including phenoxy) is 2. The van der Waals surface area contributed by atoms with Gasteiger partial charge in [-0.05, 0) is 38.7 Å². The molecule has 0 aliphatic heterocycles. The van der Waals surface area contributed by atoms with Crippen LogP contribution in [-0.2, 0) is 10.3 Å². The molecule has 2 heterocycles. The summed E-state index contributed by atoms with van der Waals surface area (Å²) in [6.07, 6.45) is 7.42. The SMILES string of the molecule is CCOC1(c2nc(-c3ccncc3OC)no2)CCCC1. The quantitative estimate of drug-likeness (QED) is 0.842. The monoisotopic (exact) mass is 289 g/mol. The van der Waals surface area contributed by atoms with Crippen LogP contribution in [0.15, 0.2) is 23.0 Å². The standard InChI is InChI=1S/C15H19N3O3/c1-3-20-15(7-4-5-8-15)14-17-13(18-21-14)11-6-9-16-10-12(11)19-2/h6,9-10H,3-5,7-8H2,1-2H3. The number of rotatable bonds is 5. The van der Waals surface area contributed by atoms with Crippen molar-refractivity contribution in [3.63, 3.8) is 0 Å². The predicted octanol–water partition coefficient (Wildman–Crippen LogP) is 2.95. The van der Waals surface area contributed by atoms with E-state index in [1.54, 1.807) is 19.5 Å². The van der Waals surface area contributed by atoms with E-state index in [0.717, 1.165) is 31.2 Å². The van der Waals surface area contributed by atoms with Crippen molar-refractivity contribution in [3.8, 4) is 17.1 Å². The lowest BCUT2D eigenvalue weighted by Crippen LogP contribution is -2.26. The van der Waals surface area contributed by atoms with Gasteiger partial charge >= 0.3 is 0 Å². The summed E-state index contributed by atoms with van der Waals surface area (Å²) in [6.45, 7) is 2.62. The average molecular weight is 289 g/mol. The molecule has 1 saturated carbocycles. The zero-order chi connectivity index (χ0) is 14.7. The number of pyridine rings is 1. The predicted molar refractivity (Wildman–Crippen MR) is 75.9 cm³/mol. The molecule has 2 aromatic heterocycles. The molecular formula is C15H19N3O3. The van der Waals surface area contributed by atoms with Crippen LogP contribution >= 0.6 is 0 Å². The molecule has 0 aromatic carbocycles. The van der Waals surface area contributed by atoms with Gasteiger partial charge < -0.3 is 14.0 Å². The van der Waals surface area contributed by atoms with Crippen LogP contribution in [0.2, 0.25) is 0 Å². The average Bonchev–Trinajstić information content (AvgIpc) is 3.17. The Bertz CT molecular complexity index is 606. The number of hydrogen-bond donors (Lipinski definition) is 0. The molecule has 21 heavy (non-hydrogen) atoms. The Morgan fingerprint density at radius 1 is 1.33 bits per heavy atom. The topological polar surface area (TPSA) is 70.3 Å². The molecule has 1 aliphatic rings. The molecule has 2 aromatic rings. The van der Waals surface area contributed by atoms with E-state index in [1.165, 1.54) is 0 Å². The van der Waals surface area contributed by atoms with Gasteiger partial charge in [-0.15, -0.1) is 0 Å². The highest BCUT2D eigenvalue weighted by Crippen LogP contribution is 2.42. The van der Waals surface area contributed by atoms with Crippen LogP contribution in [0, 0.1) is 0 Å². The van der Waals surface area contributed by atoms with Crippen molar-refractivity contribution < 1.29 is 14.0 Å². The van der Waals surface area contributed by atoms with Gasteiger partial charge in [0, 0.05) is 12.8 Å². The van der Waals surface area contributed by atoms with Crippen molar-refractivity contribution in [2.24, 2.45) is 0 Å². The molecule has 3 rings (SSSR count). The van der Waals surface area contributed by atoms with E-state index in [0.29, 0.717) is 24.1 Å². The summed E-state index contributed by atoms with van der Waals surface area (Å²) in [5.41, 5.74) is 0.354. The van der Waals surface area contributed by atoms with Crippen LogP contribution in [0.4, 0.5) is 0 Å². The van der Waals surface area contributed by atoms with E-state index in [-0.39, 0.29) is 0 Å². The molecule has 0 spiro atoms. The van der Waals surface area contributed by atoms with Gasteiger partial charge in [-0.2, -0.15) is 4.98 Å². The van der Waals surface area contributed by atoms with Gasteiger partial charge in [0.1, 0.15) is 11.4 Å². The fraction of sp³-hybridized carbons (Fsp3) is 0.533. The Morgan fingerprint density at radius 2 is 2.14 bits per heavy atom. The Hall–Kier alpha value is -1.95. The molecule has 0 radical (unpaired) electrons. The summed E-state index contributed by atoms with van der Waals surface area (Å²) in [7, 11) is 1.60. The zero-order valence-electron chi connectivity index (χ0n) is 12.3. The van der Waals surface area contributed by atoms with Crippen molar-refractivity contribution >= 4 is 0 Å².